The molecule has 2 aromatic carbocycles. The lowest BCUT2D eigenvalue weighted by Crippen LogP contribution is -2.38. The highest BCUT2D eigenvalue weighted by atomic mass is 79.9. The van der Waals surface area contributed by atoms with Gasteiger partial charge in [0.1, 0.15) is 28.5 Å². The molecule has 4 saturated carbocycles. The molecule has 16 rings (SSSR count). The van der Waals surface area contributed by atoms with Crippen LogP contribution in [0.3, 0.4) is 0 Å². The summed E-state index contributed by atoms with van der Waals surface area (Å²) in [6.07, 6.45) is 20.0. The van der Waals surface area contributed by atoms with Crippen LogP contribution < -0.4 is 22.5 Å². The molecule has 6 fully saturated rings. The van der Waals surface area contributed by atoms with Gasteiger partial charge in [0.25, 0.3) is 0 Å². The Hall–Kier alpha value is -11.1. The maximum atomic E-state index is 12.0. The van der Waals surface area contributed by atoms with E-state index in [4.69, 9.17) is 55.5 Å². The third kappa shape index (κ3) is 25.0. The van der Waals surface area contributed by atoms with Crippen molar-refractivity contribution in [2.24, 2.45) is 11.8 Å². The summed E-state index contributed by atoms with van der Waals surface area (Å²) in [6, 6.07) is 28.6. The molecule has 0 atom stereocenters. The Balaban J connectivity index is 0.000000138. The molecule has 1 amide bonds. The second-order valence-electron chi connectivity index (χ2n) is 29.9. The van der Waals surface area contributed by atoms with Gasteiger partial charge >= 0.3 is 35.9 Å². The number of nitrogens with zero attached hydrogens (tertiary/aromatic N) is 9. The number of nitrogen functional groups attached to an aromatic ring is 3. The largest absolute Gasteiger partial charge is 0.478 e. The van der Waals surface area contributed by atoms with E-state index >= 15 is 0 Å². The number of carboxylic acid groups (broad SMARTS) is 1. The molecule has 7 aliphatic rings. The fourth-order valence-electron chi connectivity index (χ4n) is 13.1. The molecule has 2 saturated heterocycles. The van der Waals surface area contributed by atoms with Gasteiger partial charge in [-0.3, -0.25) is 20.1 Å². The number of hydrogen-bond acceptors (Lipinski definition) is 23. The standard InChI is InChI=1S/C19H25N3O3.C17H21N3O3.C17H20N2O2.C14H15NO2.C13H14N2O2.C8H9BrN2O2/c1-2-25-19(23)16-11-15-12-17(14-3-4-14)22(18(15)20-13-16)6-5-21-7-9-24-10-8-21;21-17(22)14-9-13-10-15(12-1-2-12)20(16(13)18-11-14)4-3-19-5-7-23-8-6-19;1-17(2,3)21-16(20)19-15-10-9-13(11-14(15)18)12-7-5-4-6-8-12;1-2-17-14(16)12-6-11-5-10(9-3-4-9)7-13(11)15-8-12;1-2-17-13(16)11-7-10(12(14)15-8-11)6-5-9-3-4-9;1-2-13-8(12)5-3-6(9)7(10)11-4-5/h11-14H,2-10H2,1H3;9-12H,1-8H2,(H,21,22);4-11H,18H2,1-3H3,(H,19,20);5-6,8-9H,2-4,7H2,1H3;7-9H,2-4H2,1H3,(H2,14,15);3-4H,2H2,1H3,(H2,10,11). The van der Waals surface area contributed by atoms with Crippen LogP contribution in [0.25, 0.3) is 39.3 Å². The van der Waals surface area contributed by atoms with Crippen molar-refractivity contribution in [3.05, 3.63) is 188 Å². The first-order valence-corrected chi connectivity index (χ1v) is 40.6. The van der Waals surface area contributed by atoms with E-state index in [1.807, 2.05) is 89.2 Å². The van der Waals surface area contributed by atoms with E-state index < -0.39 is 29.6 Å². The summed E-state index contributed by atoms with van der Waals surface area (Å²) >= 11 is 3.17. The molecule has 9 heterocycles. The number of nitrogens with one attached hydrogen (secondary N) is 1. The van der Waals surface area contributed by atoms with Gasteiger partial charge < -0.3 is 64.6 Å². The lowest BCUT2D eigenvalue weighted by molar-refractivity contribution is 0.0364. The highest BCUT2D eigenvalue weighted by Gasteiger charge is 2.32. The number of fused-ring (bicyclic) bond motifs is 3. The van der Waals surface area contributed by atoms with Crippen LogP contribution in [0, 0.1) is 23.7 Å². The van der Waals surface area contributed by atoms with Crippen molar-refractivity contribution >= 4 is 103 Å². The fourth-order valence-corrected chi connectivity index (χ4v) is 13.4. The quantitative estimate of drug-likeness (QED) is 0.0205. The first kappa shape index (κ1) is 85.8. The van der Waals surface area contributed by atoms with Crippen molar-refractivity contribution in [1.29, 1.82) is 0 Å². The van der Waals surface area contributed by atoms with Crippen molar-refractivity contribution in [2.45, 2.75) is 137 Å². The number of pyridine rings is 5. The summed E-state index contributed by atoms with van der Waals surface area (Å²) in [7, 11) is 0. The summed E-state index contributed by atoms with van der Waals surface area (Å²) in [5.74, 6) is 6.99. The number of amides is 1. The average molecular weight is 1650 g/mol. The Labute approximate surface area is 684 Å². The molecular formula is C88H104BrN13O14. The number of halogens is 1. The van der Waals surface area contributed by atoms with E-state index in [0.29, 0.717) is 99.5 Å². The first-order valence-electron chi connectivity index (χ1n) is 39.8. The number of nitrogens with two attached hydrogens (primary N) is 3. The normalized spacial score (nSPS) is 15.5. The van der Waals surface area contributed by atoms with Crippen LogP contribution in [0.2, 0.25) is 0 Å². The molecule has 0 spiro atoms. The van der Waals surface area contributed by atoms with Crippen molar-refractivity contribution in [1.82, 2.24) is 43.9 Å². The van der Waals surface area contributed by atoms with E-state index in [0.717, 1.165) is 148 Å². The van der Waals surface area contributed by atoms with Crippen molar-refractivity contribution in [3.63, 3.8) is 0 Å². The number of ether oxygens (including phenoxy) is 7. The molecule has 0 radical (unpaired) electrons. The molecule has 612 valence electrons. The lowest BCUT2D eigenvalue weighted by atomic mass is 10.0. The van der Waals surface area contributed by atoms with Crippen LogP contribution in [0.15, 0.2) is 132 Å². The third-order valence-corrected chi connectivity index (χ3v) is 20.3. The van der Waals surface area contributed by atoms with Gasteiger partial charge in [0.15, 0.2) is 0 Å². The van der Waals surface area contributed by atoms with Gasteiger partial charge in [0, 0.05) is 118 Å². The lowest BCUT2D eigenvalue weighted by Gasteiger charge is -2.27. The van der Waals surface area contributed by atoms with Crippen LogP contribution in [-0.4, -0.2) is 183 Å². The van der Waals surface area contributed by atoms with Crippen molar-refractivity contribution < 1.29 is 67.0 Å². The van der Waals surface area contributed by atoms with Crippen molar-refractivity contribution in [3.8, 4) is 23.0 Å². The number of anilines is 4. The number of hydrogen-bond donors (Lipinski definition) is 5. The second-order valence-corrected chi connectivity index (χ2v) is 30.7. The number of aromatic carboxylic acids is 1. The van der Waals surface area contributed by atoms with Gasteiger partial charge in [-0.1, -0.05) is 59.9 Å². The number of carbonyl (C=O) groups is 6. The molecule has 2 aliphatic heterocycles. The van der Waals surface area contributed by atoms with E-state index in [-0.39, 0.29) is 17.5 Å². The van der Waals surface area contributed by atoms with Gasteiger partial charge in [-0.2, -0.15) is 0 Å². The summed E-state index contributed by atoms with van der Waals surface area (Å²) < 4.78 is 41.0. The first-order chi connectivity index (χ1) is 56.0. The number of benzene rings is 2. The number of carbonyl (C=O) groups excluding carboxylic acids is 5. The molecular weight excluding hydrogens is 1540 g/mol. The Morgan fingerprint density at radius 1 is 0.543 bits per heavy atom. The zero-order chi connectivity index (χ0) is 82.4. The van der Waals surface area contributed by atoms with E-state index in [1.54, 1.807) is 50.5 Å². The molecule has 0 unspecified atom stereocenters. The summed E-state index contributed by atoms with van der Waals surface area (Å²) in [6.45, 7) is 25.1. The highest BCUT2D eigenvalue weighted by molar-refractivity contribution is 9.10. The van der Waals surface area contributed by atoms with Crippen LogP contribution >= 0.6 is 15.9 Å². The minimum Gasteiger partial charge on any atom is -0.478 e. The van der Waals surface area contributed by atoms with Gasteiger partial charge in [-0.15, -0.1) is 0 Å². The molecule has 8 N–H and O–H groups in total. The number of morpholine rings is 2. The van der Waals surface area contributed by atoms with Crippen LogP contribution in [0.4, 0.5) is 27.8 Å². The maximum absolute atomic E-state index is 12.0. The number of carboxylic acids is 1. The molecule has 9 aromatic rings. The van der Waals surface area contributed by atoms with Gasteiger partial charge in [0.05, 0.1) is 108 Å². The Kier molecular flexibility index (Phi) is 30.3. The van der Waals surface area contributed by atoms with Crippen LogP contribution in [0.1, 0.15) is 192 Å². The van der Waals surface area contributed by atoms with Crippen LogP contribution in [0.5, 0.6) is 0 Å². The van der Waals surface area contributed by atoms with Gasteiger partial charge in [-0.25, -0.2) is 48.7 Å². The molecule has 116 heavy (non-hydrogen) atoms. The van der Waals surface area contributed by atoms with Crippen LogP contribution in [-0.2, 0) is 52.7 Å². The fraction of sp³-hybridized carbons (Fsp3) is 0.420. The number of esters is 4. The Morgan fingerprint density at radius 2 is 1.02 bits per heavy atom. The molecule has 7 aromatic heterocycles. The molecule has 27 nitrogen and oxygen atoms in total. The highest BCUT2D eigenvalue weighted by Crippen LogP contribution is 2.45. The Bertz CT molecular complexity index is 5030. The SMILES string of the molecule is CC(C)(C)OC(=O)Nc1ccc(-c2ccccc2)cc1N.CCOC(=O)c1cnc(N)c(Br)c1.CCOC(=O)c1cnc(N)c(C#CC2CC2)c1.CCOC(=O)c1cnc2c(c1)C=C(C1CC1)C2.CCOC(=O)c1cnc2c(c1)cc(C1CC1)n2CCN1CCOCC1.O=C(O)c1cnc2c(c1)cc(C1CC1)n2CCN1CCOCC1. The third-order valence-electron chi connectivity index (χ3n) is 19.7. The smallest absolute Gasteiger partial charge is 0.412 e. The van der Waals surface area contributed by atoms with Crippen molar-refractivity contribution in [2.75, 3.05) is 115 Å². The van der Waals surface area contributed by atoms with E-state index in [1.165, 1.54) is 74.1 Å². The monoisotopic (exact) mass is 1650 g/mol. The summed E-state index contributed by atoms with van der Waals surface area (Å²) in [5, 5.41) is 13.8. The Morgan fingerprint density at radius 3 is 1.50 bits per heavy atom. The number of aromatic nitrogens is 7. The topological polar surface area (TPSA) is 358 Å². The zero-order valence-corrected chi connectivity index (χ0v) is 68.6. The maximum Gasteiger partial charge on any atom is 0.412 e. The zero-order valence-electron chi connectivity index (χ0n) is 67.0. The molecule has 0 bridgehead atoms. The van der Waals surface area contributed by atoms with E-state index in [2.05, 4.69) is 95.2 Å². The summed E-state index contributed by atoms with van der Waals surface area (Å²) in [5.41, 5.74) is 30.7. The second kappa shape index (κ2) is 41.0. The number of rotatable bonds is 20. The predicted octanol–water partition coefficient (Wildman–Crippen LogP) is 14.5. The summed E-state index contributed by atoms with van der Waals surface area (Å²) in [4.78, 5) is 95.2. The molecule has 5 aliphatic carbocycles. The predicted molar refractivity (Wildman–Crippen MR) is 448 cm³/mol. The van der Waals surface area contributed by atoms with Gasteiger partial charge in [0.2, 0.25) is 0 Å². The average Bonchev–Trinajstić information content (AvgIpc) is 1.62. The minimum absolute atomic E-state index is 0.255. The number of allylic oxidation sites excluding steroid dienone is 1. The van der Waals surface area contributed by atoms with E-state index in [9.17, 15) is 28.8 Å². The van der Waals surface area contributed by atoms with Gasteiger partial charge in [-0.05, 0) is 205 Å². The minimum atomic E-state index is -0.923. The molecule has 28 heteroatoms.